The molecule has 1 unspecified atom stereocenters. The summed E-state index contributed by atoms with van der Waals surface area (Å²) in [7, 11) is 1.70. The van der Waals surface area contributed by atoms with Crippen LogP contribution in [0.1, 0.15) is 38.2 Å². The number of methoxy groups -OCH3 is 1. The van der Waals surface area contributed by atoms with Crippen molar-refractivity contribution in [2.24, 2.45) is 5.92 Å². The molecule has 2 aliphatic carbocycles. The van der Waals surface area contributed by atoms with Crippen molar-refractivity contribution in [2.45, 2.75) is 56.8 Å². The molecule has 0 aromatic heterocycles. The first-order valence-corrected chi connectivity index (χ1v) is 9.40. The number of benzene rings is 1. The smallest absolute Gasteiger partial charge is 0.119 e. The van der Waals surface area contributed by atoms with Gasteiger partial charge in [0.15, 0.2) is 0 Å². The number of nitrogens with one attached hydrogen (secondary N) is 1. The number of nitrogens with zero attached hydrogens (tertiary/aromatic N) is 1. The monoisotopic (exact) mass is 330 g/mol. The maximum Gasteiger partial charge on any atom is 0.119 e. The molecule has 4 heteroatoms. The van der Waals surface area contributed by atoms with Crippen molar-refractivity contribution in [3.05, 3.63) is 29.8 Å². The van der Waals surface area contributed by atoms with Crippen LogP contribution >= 0.6 is 0 Å². The third-order valence-corrected chi connectivity index (χ3v) is 5.83. The standard InChI is InChI=1S/C20H30N2O2/c1-15(13-23-2)24-19-7-3-16(4-8-19)11-21-14-20-9-17(10-20)12-22(20)18-5-6-18/h3-4,7-8,15,17-18,21H,5-6,9-14H2,1-2H3. The average molecular weight is 330 g/mol. The fourth-order valence-corrected chi connectivity index (χ4v) is 4.65. The summed E-state index contributed by atoms with van der Waals surface area (Å²) in [6, 6.07) is 9.36. The van der Waals surface area contributed by atoms with E-state index in [-0.39, 0.29) is 6.10 Å². The zero-order chi connectivity index (χ0) is 16.6. The fourth-order valence-electron chi connectivity index (χ4n) is 4.65. The van der Waals surface area contributed by atoms with Crippen molar-refractivity contribution in [3.8, 4) is 5.75 Å². The van der Waals surface area contributed by atoms with Crippen molar-refractivity contribution in [1.82, 2.24) is 10.2 Å². The van der Waals surface area contributed by atoms with Gasteiger partial charge in [-0.2, -0.15) is 0 Å². The first-order valence-electron chi connectivity index (χ1n) is 9.40. The van der Waals surface area contributed by atoms with E-state index in [4.69, 9.17) is 9.47 Å². The molecule has 2 saturated heterocycles. The summed E-state index contributed by atoms with van der Waals surface area (Å²) in [6.45, 7) is 6.08. The Balaban J connectivity index is 1.24. The summed E-state index contributed by atoms with van der Waals surface area (Å²) in [5.41, 5.74) is 1.81. The molecule has 1 atom stereocenters. The number of rotatable bonds is 9. The van der Waals surface area contributed by atoms with E-state index in [1.54, 1.807) is 7.11 Å². The predicted molar refractivity (Wildman–Crippen MR) is 95.3 cm³/mol. The van der Waals surface area contributed by atoms with Gasteiger partial charge in [-0.3, -0.25) is 4.90 Å². The van der Waals surface area contributed by atoms with E-state index in [2.05, 4.69) is 34.5 Å². The fraction of sp³-hybridized carbons (Fsp3) is 0.700. The molecule has 0 amide bonds. The first-order chi connectivity index (χ1) is 11.7. The second kappa shape index (κ2) is 6.66. The van der Waals surface area contributed by atoms with Gasteiger partial charge < -0.3 is 14.8 Å². The lowest BCUT2D eigenvalue weighted by molar-refractivity contribution is 0.0920. The predicted octanol–water partition coefficient (Wildman–Crippen LogP) is 2.82. The quantitative estimate of drug-likeness (QED) is 0.755. The number of hydrogen-bond donors (Lipinski definition) is 1. The molecule has 2 aliphatic heterocycles. The van der Waals surface area contributed by atoms with Gasteiger partial charge in [0, 0.05) is 38.3 Å². The van der Waals surface area contributed by atoms with Crippen molar-refractivity contribution >= 4 is 0 Å². The molecule has 132 valence electrons. The van der Waals surface area contributed by atoms with Gasteiger partial charge in [-0.05, 0) is 56.2 Å². The minimum Gasteiger partial charge on any atom is -0.488 e. The van der Waals surface area contributed by atoms with E-state index in [1.807, 2.05) is 6.92 Å². The van der Waals surface area contributed by atoms with Crippen LogP contribution in [0.25, 0.3) is 0 Å². The number of ether oxygens (including phenoxy) is 2. The van der Waals surface area contributed by atoms with Gasteiger partial charge >= 0.3 is 0 Å². The highest BCUT2D eigenvalue weighted by Crippen LogP contribution is 2.54. The van der Waals surface area contributed by atoms with Gasteiger partial charge in [0.1, 0.15) is 11.9 Å². The minimum absolute atomic E-state index is 0.0837. The van der Waals surface area contributed by atoms with Crippen LogP contribution in [0.2, 0.25) is 0 Å². The lowest BCUT2D eigenvalue weighted by Crippen LogP contribution is -2.53. The van der Waals surface area contributed by atoms with Crippen LogP contribution in [0.4, 0.5) is 0 Å². The normalized spacial score (nSPS) is 30.2. The zero-order valence-corrected chi connectivity index (χ0v) is 15.0. The Labute approximate surface area is 145 Å². The molecular weight excluding hydrogens is 300 g/mol. The largest absolute Gasteiger partial charge is 0.488 e. The Morgan fingerprint density at radius 3 is 2.67 bits per heavy atom. The zero-order valence-electron chi connectivity index (χ0n) is 15.0. The lowest BCUT2D eigenvalue weighted by Gasteiger charge is -2.43. The average Bonchev–Trinajstić information content (AvgIpc) is 3.23. The van der Waals surface area contributed by atoms with Crippen molar-refractivity contribution < 1.29 is 9.47 Å². The van der Waals surface area contributed by atoms with Crippen LogP contribution in [0, 0.1) is 5.92 Å². The molecule has 5 rings (SSSR count). The Morgan fingerprint density at radius 2 is 2.00 bits per heavy atom. The summed E-state index contributed by atoms with van der Waals surface area (Å²) < 4.78 is 10.9. The highest BCUT2D eigenvalue weighted by Gasteiger charge is 2.58. The van der Waals surface area contributed by atoms with Gasteiger partial charge in [-0.25, -0.2) is 0 Å². The van der Waals surface area contributed by atoms with Gasteiger partial charge in [0.05, 0.1) is 6.61 Å². The Kier molecular flexibility index (Phi) is 4.54. The van der Waals surface area contributed by atoms with E-state index in [9.17, 15) is 0 Å². The van der Waals surface area contributed by atoms with Crippen LogP contribution in [-0.2, 0) is 11.3 Å². The molecule has 2 heterocycles. The maximum atomic E-state index is 5.81. The van der Waals surface area contributed by atoms with Crippen molar-refractivity contribution in [3.63, 3.8) is 0 Å². The van der Waals surface area contributed by atoms with Crippen LogP contribution in [0.3, 0.4) is 0 Å². The minimum atomic E-state index is 0.0837. The second-order valence-electron chi connectivity index (χ2n) is 8.01. The summed E-state index contributed by atoms with van der Waals surface area (Å²) in [5.74, 6) is 1.90. The molecule has 4 nitrogen and oxygen atoms in total. The highest BCUT2D eigenvalue weighted by molar-refractivity contribution is 5.27. The second-order valence-corrected chi connectivity index (χ2v) is 8.01. The molecule has 2 bridgehead atoms. The molecule has 1 aromatic rings. The third-order valence-electron chi connectivity index (χ3n) is 5.83. The summed E-state index contributed by atoms with van der Waals surface area (Å²) in [5, 5.41) is 3.71. The van der Waals surface area contributed by atoms with Crippen molar-refractivity contribution in [2.75, 3.05) is 26.8 Å². The van der Waals surface area contributed by atoms with Crippen LogP contribution in [0.15, 0.2) is 24.3 Å². The van der Waals surface area contributed by atoms with E-state index < -0.39 is 0 Å². The molecule has 4 fully saturated rings. The van der Waals surface area contributed by atoms with E-state index in [0.29, 0.717) is 12.1 Å². The molecule has 0 radical (unpaired) electrons. The molecule has 4 aliphatic rings. The first kappa shape index (κ1) is 16.4. The molecule has 2 saturated carbocycles. The van der Waals surface area contributed by atoms with E-state index in [1.165, 1.54) is 37.8 Å². The summed E-state index contributed by atoms with van der Waals surface area (Å²) in [6.07, 6.45) is 5.77. The molecule has 1 aromatic carbocycles. The molecule has 0 spiro atoms. The Hall–Kier alpha value is -1.10. The number of hydrogen-bond acceptors (Lipinski definition) is 4. The SMILES string of the molecule is COCC(C)Oc1ccc(CNCC23CC(CN2C2CC2)C3)cc1. The van der Waals surface area contributed by atoms with Gasteiger partial charge in [0.2, 0.25) is 0 Å². The van der Waals surface area contributed by atoms with Crippen LogP contribution in [0.5, 0.6) is 5.75 Å². The van der Waals surface area contributed by atoms with Gasteiger partial charge in [0.25, 0.3) is 0 Å². The van der Waals surface area contributed by atoms with Gasteiger partial charge in [-0.15, -0.1) is 0 Å². The molecular formula is C20H30N2O2. The Morgan fingerprint density at radius 1 is 1.25 bits per heavy atom. The Bertz CT molecular complexity index is 549. The number of fused-ring (bicyclic) bond motifs is 1. The van der Waals surface area contributed by atoms with Crippen LogP contribution < -0.4 is 10.1 Å². The molecule has 1 N–H and O–H groups in total. The lowest BCUT2D eigenvalue weighted by atomic mass is 9.73. The topological polar surface area (TPSA) is 33.7 Å². The van der Waals surface area contributed by atoms with Gasteiger partial charge in [-0.1, -0.05) is 12.1 Å². The van der Waals surface area contributed by atoms with E-state index >= 15 is 0 Å². The third kappa shape index (κ3) is 3.32. The van der Waals surface area contributed by atoms with Crippen LogP contribution in [-0.4, -0.2) is 49.4 Å². The molecule has 24 heavy (non-hydrogen) atoms. The van der Waals surface area contributed by atoms with Crippen molar-refractivity contribution in [1.29, 1.82) is 0 Å². The highest BCUT2D eigenvalue weighted by atomic mass is 16.5. The van der Waals surface area contributed by atoms with E-state index in [0.717, 1.165) is 30.8 Å². The maximum absolute atomic E-state index is 5.81. The summed E-state index contributed by atoms with van der Waals surface area (Å²) >= 11 is 0. The summed E-state index contributed by atoms with van der Waals surface area (Å²) in [4.78, 5) is 2.82.